The maximum atomic E-state index is 6.96. The quantitative estimate of drug-likeness (QED) is 0.0551. The van der Waals surface area contributed by atoms with Gasteiger partial charge in [0.25, 0.3) is 0 Å². The zero-order chi connectivity index (χ0) is 33.2. The van der Waals surface area contributed by atoms with Crippen LogP contribution < -0.4 is 4.74 Å². The predicted molar refractivity (Wildman–Crippen MR) is 219 cm³/mol. The van der Waals surface area contributed by atoms with Crippen LogP contribution >= 0.6 is 34.0 Å². The molecule has 1 atom stereocenters. The molecule has 0 saturated carbocycles. The first kappa shape index (κ1) is 37.1. The number of hydrogen-bond acceptors (Lipinski definition) is 4. The van der Waals surface area contributed by atoms with Crippen LogP contribution in [0.3, 0.4) is 0 Å². The number of benzene rings is 2. The molecule has 5 aromatic rings. The molecule has 0 radical (unpaired) electrons. The average molecular weight is 701 g/mol. The van der Waals surface area contributed by atoms with Crippen molar-refractivity contribution in [2.45, 2.75) is 142 Å². The lowest BCUT2D eigenvalue weighted by molar-refractivity contribution is 0.228. The van der Waals surface area contributed by atoms with Crippen molar-refractivity contribution in [2.24, 2.45) is 5.92 Å². The predicted octanol–water partition coefficient (Wildman–Crippen LogP) is 16.3. The Hall–Kier alpha value is -2.14. The lowest BCUT2D eigenvalue weighted by Crippen LogP contribution is -2.13. The van der Waals surface area contributed by atoms with Crippen molar-refractivity contribution in [1.82, 2.24) is 0 Å². The molecule has 0 amide bonds. The van der Waals surface area contributed by atoms with E-state index in [1.165, 1.54) is 169 Å². The van der Waals surface area contributed by atoms with E-state index < -0.39 is 0 Å². The topological polar surface area (TPSA) is 9.23 Å². The summed E-state index contributed by atoms with van der Waals surface area (Å²) in [6.45, 7) is 5.47. The van der Waals surface area contributed by atoms with Crippen LogP contribution in [0.1, 0.15) is 142 Å². The van der Waals surface area contributed by atoms with Gasteiger partial charge in [0.2, 0.25) is 0 Å². The monoisotopic (exact) mass is 700 g/mol. The Bertz CT molecular complexity index is 1520. The van der Waals surface area contributed by atoms with Crippen molar-refractivity contribution in [3.63, 3.8) is 0 Å². The summed E-state index contributed by atoms with van der Waals surface area (Å²) in [5.41, 5.74) is 2.68. The number of fused-ring (bicyclic) bond motifs is 2. The maximum absolute atomic E-state index is 6.96. The summed E-state index contributed by atoms with van der Waals surface area (Å²) >= 11 is 5.62. The highest BCUT2D eigenvalue weighted by atomic mass is 32.1. The molecule has 1 nitrogen and oxygen atoms in total. The van der Waals surface area contributed by atoms with Crippen LogP contribution in [0, 0.1) is 5.92 Å². The molecule has 1 unspecified atom stereocenters. The van der Waals surface area contributed by atoms with E-state index >= 15 is 0 Å². The Morgan fingerprint density at radius 1 is 0.521 bits per heavy atom. The number of rotatable bonds is 25. The van der Waals surface area contributed by atoms with Gasteiger partial charge in [-0.3, -0.25) is 0 Å². The van der Waals surface area contributed by atoms with Crippen LogP contribution in [-0.4, -0.2) is 6.61 Å². The molecule has 48 heavy (non-hydrogen) atoms. The van der Waals surface area contributed by atoms with Crippen molar-refractivity contribution in [3.05, 3.63) is 65.4 Å². The van der Waals surface area contributed by atoms with Gasteiger partial charge in [-0.05, 0) is 59.3 Å². The van der Waals surface area contributed by atoms with Gasteiger partial charge in [-0.1, -0.05) is 160 Å². The molecule has 3 aromatic heterocycles. The van der Waals surface area contributed by atoms with E-state index in [2.05, 4.69) is 79.2 Å². The molecule has 0 N–H and O–H groups in total. The summed E-state index contributed by atoms with van der Waals surface area (Å²) < 4.78 is 9.64. The highest BCUT2D eigenvalue weighted by Crippen LogP contribution is 2.49. The van der Waals surface area contributed by atoms with Gasteiger partial charge >= 0.3 is 0 Å². The largest absolute Gasteiger partial charge is 0.491 e. The average Bonchev–Trinajstić information content (AvgIpc) is 3.91. The minimum absolute atomic E-state index is 0.647. The normalized spacial score (nSPS) is 12.4. The van der Waals surface area contributed by atoms with E-state index in [9.17, 15) is 0 Å². The van der Waals surface area contributed by atoms with E-state index in [1.54, 1.807) is 0 Å². The van der Waals surface area contributed by atoms with Crippen molar-refractivity contribution in [2.75, 3.05) is 6.61 Å². The second-order valence-corrected chi connectivity index (χ2v) is 16.9. The highest BCUT2D eigenvalue weighted by Gasteiger charge is 2.21. The zero-order valence-electron chi connectivity index (χ0n) is 29.9. The molecular weight excluding hydrogens is 641 g/mol. The molecule has 0 bridgehead atoms. The van der Waals surface area contributed by atoms with Crippen molar-refractivity contribution >= 4 is 54.2 Å². The molecule has 0 fully saturated rings. The van der Waals surface area contributed by atoms with Crippen molar-refractivity contribution < 1.29 is 4.74 Å². The second kappa shape index (κ2) is 21.2. The van der Waals surface area contributed by atoms with Crippen LogP contribution in [0.5, 0.6) is 5.75 Å². The molecular formula is C44H60OS3. The van der Waals surface area contributed by atoms with Crippen LogP contribution in [0.15, 0.2) is 65.4 Å². The van der Waals surface area contributed by atoms with Gasteiger partial charge in [-0.2, -0.15) is 0 Å². The van der Waals surface area contributed by atoms with Crippen molar-refractivity contribution in [3.8, 4) is 26.6 Å². The van der Waals surface area contributed by atoms with Gasteiger partial charge in [0, 0.05) is 30.8 Å². The summed E-state index contributed by atoms with van der Waals surface area (Å²) in [5, 5.41) is 7.17. The molecule has 0 saturated heterocycles. The lowest BCUT2D eigenvalue weighted by Gasteiger charge is -2.19. The van der Waals surface area contributed by atoms with Crippen LogP contribution in [0.25, 0.3) is 41.1 Å². The third-order valence-corrected chi connectivity index (χ3v) is 13.1. The van der Waals surface area contributed by atoms with Gasteiger partial charge in [0.15, 0.2) is 0 Å². The molecule has 260 valence electrons. The first-order valence-corrected chi connectivity index (χ1v) is 22.1. The van der Waals surface area contributed by atoms with Gasteiger partial charge in [-0.25, -0.2) is 0 Å². The highest BCUT2D eigenvalue weighted by molar-refractivity contribution is 7.22. The van der Waals surface area contributed by atoms with Gasteiger partial charge in [0.05, 0.1) is 11.3 Å². The Morgan fingerprint density at radius 3 is 1.65 bits per heavy atom. The summed E-state index contributed by atoms with van der Waals surface area (Å²) in [7, 11) is 0. The molecule has 0 aliphatic heterocycles. The molecule has 5 rings (SSSR count). The minimum Gasteiger partial charge on any atom is -0.491 e. The van der Waals surface area contributed by atoms with Gasteiger partial charge in [-0.15, -0.1) is 34.0 Å². The fourth-order valence-corrected chi connectivity index (χ4v) is 10.2. The molecule has 2 aromatic carbocycles. The first-order valence-electron chi connectivity index (χ1n) is 19.5. The minimum atomic E-state index is 0.647. The number of thiophene rings is 3. The van der Waals surface area contributed by atoms with Crippen LogP contribution in [-0.2, 0) is 0 Å². The molecule has 0 aliphatic carbocycles. The summed E-state index contributed by atoms with van der Waals surface area (Å²) in [5.74, 6) is 1.78. The Balaban J connectivity index is 1.22. The van der Waals surface area contributed by atoms with Crippen molar-refractivity contribution in [1.29, 1.82) is 0 Å². The third-order valence-electron chi connectivity index (χ3n) is 10.1. The zero-order valence-corrected chi connectivity index (χ0v) is 32.4. The standard InChI is InChI=1S/C44H60OS3/c1-3-5-7-9-11-13-14-16-18-21-25-35(24-20-17-15-12-10-8-6-4-2)34-45-42-38-31-33-46-43(38)41(37-30-32-47-44(37)42)40-29-28-39(48-40)36-26-22-19-23-27-36/h19,22-23,26-33,35H,3-18,20-21,24-25,34H2,1-2H3. The van der Waals surface area contributed by atoms with Crippen LogP contribution in [0.4, 0.5) is 0 Å². The van der Waals surface area contributed by atoms with Gasteiger partial charge < -0.3 is 4.74 Å². The second-order valence-electron chi connectivity index (χ2n) is 14.0. The number of hydrogen-bond donors (Lipinski definition) is 0. The smallest absolute Gasteiger partial charge is 0.145 e. The molecule has 0 aliphatic rings. The molecule has 4 heteroatoms. The Morgan fingerprint density at radius 2 is 1.04 bits per heavy atom. The van der Waals surface area contributed by atoms with E-state index in [-0.39, 0.29) is 0 Å². The van der Waals surface area contributed by atoms with E-state index in [1.807, 2.05) is 34.0 Å². The Labute approximate surface area is 304 Å². The maximum Gasteiger partial charge on any atom is 0.145 e. The van der Waals surface area contributed by atoms with Gasteiger partial charge in [0.1, 0.15) is 5.75 Å². The third kappa shape index (κ3) is 10.9. The van der Waals surface area contributed by atoms with E-state index in [0.29, 0.717) is 5.92 Å². The first-order chi connectivity index (χ1) is 23.8. The lowest BCUT2D eigenvalue weighted by atomic mass is 9.94. The fraction of sp³-hybridized carbons (Fsp3) is 0.545. The molecule has 3 heterocycles. The number of unbranched alkanes of at least 4 members (excludes halogenated alkanes) is 16. The van der Waals surface area contributed by atoms with E-state index in [4.69, 9.17) is 4.74 Å². The Kier molecular flexibility index (Phi) is 16.4. The fourth-order valence-electron chi connectivity index (χ4n) is 7.23. The molecule has 0 spiro atoms. The number of ether oxygens (including phenoxy) is 1. The summed E-state index contributed by atoms with van der Waals surface area (Å²) in [4.78, 5) is 2.68. The SMILES string of the molecule is CCCCCCCCCCCCC(CCCCCCCCCC)COc1c2ccsc2c(-c2ccc(-c3ccccc3)s2)c2ccsc12. The van der Waals surface area contributed by atoms with E-state index in [0.717, 1.165) is 12.4 Å². The summed E-state index contributed by atoms with van der Waals surface area (Å²) in [6.07, 6.45) is 27.8. The summed E-state index contributed by atoms with van der Waals surface area (Å²) in [6, 6.07) is 20.0. The van der Waals surface area contributed by atoms with Crippen LogP contribution in [0.2, 0.25) is 0 Å².